The monoisotopic (exact) mass is 365 g/mol. The molecule has 0 amide bonds. The normalized spacial score (nSPS) is 20.8. The molecule has 1 aromatic heterocycles. The van der Waals surface area contributed by atoms with Crippen molar-refractivity contribution in [2.75, 3.05) is 13.6 Å². The molecule has 0 radical (unpaired) electrons. The number of aliphatic hydroxyl groups excluding tert-OH is 1. The van der Waals surface area contributed by atoms with Gasteiger partial charge in [-0.25, -0.2) is 0 Å². The fourth-order valence-corrected chi connectivity index (χ4v) is 4.30. The highest BCUT2D eigenvalue weighted by atomic mass is 32.1. The van der Waals surface area contributed by atoms with Gasteiger partial charge in [-0.1, -0.05) is 48.5 Å². The van der Waals surface area contributed by atoms with E-state index in [9.17, 15) is 5.11 Å². The predicted molar refractivity (Wildman–Crippen MR) is 109 cm³/mol. The van der Waals surface area contributed by atoms with Crippen LogP contribution < -0.4 is 10.6 Å². The van der Waals surface area contributed by atoms with Gasteiger partial charge in [-0.3, -0.25) is 4.99 Å². The van der Waals surface area contributed by atoms with Gasteiger partial charge in [-0.2, -0.15) is 0 Å². The van der Waals surface area contributed by atoms with E-state index in [1.54, 1.807) is 18.4 Å². The van der Waals surface area contributed by atoms with Crippen LogP contribution in [0.3, 0.4) is 0 Å². The Balaban J connectivity index is 1.31. The maximum Gasteiger partial charge on any atom is 0.191 e. The number of aliphatic hydroxyl groups is 1. The van der Waals surface area contributed by atoms with Crippen LogP contribution in [0.2, 0.25) is 0 Å². The summed E-state index contributed by atoms with van der Waals surface area (Å²) < 4.78 is 1.20. The van der Waals surface area contributed by atoms with Crippen molar-refractivity contribution in [3.63, 3.8) is 0 Å². The van der Waals surface area contributed by atoms with Gasteiger partial charge in [0.15, 0.2) is 5.96 Å². The molecule has 0 bridgehead atoms. The lowest BCUT2D eigenvalue weighted by Gasteiger charge is -2.14. The number of nitrogens with zero attached hydrogens (tertiary/aromatic N) is 1. The molecule has 3 aromatic rings. The van der Waals surface area contributed by atoms with Crippen LogP contribution in [0.5, 0.6) is 0 Å². The molecular weight excluding hydrogens is 342 g/mol. The van der Waals surface area contributed by atoms with Crippen LogP contribution in [0.1, 0.15) is 28.9 Å². The summed E-state index contributed by atoms with van der Waals surface area (Å²) in [5.74, 6) is 1.29. The maximum absolute atomic E-state index is 10.5. The molecule has 1 aliphatic carbocycles. The largest absolute Gasteiger partial charge is 0.386 e. The Morgan fingerprint density at radius 1 is 1.19 bits per heavy atom. The minimum absolute atomic E-state index is 0.407. The van der Waals surface area contributed by atoms with Crippen LogP contribution in [0.4, 0.5) is 0 Å². The lowest BCUT2D eigenvalue weighted by atomic mass is 10.1. The van der Waals surface area contributed by atoms with Crippen molar-refractivity contribution < 1.29 is 5.11 Å². The molecule has 5 heteroatoms. The van der Waals surface area contributed by atoms with Crippen LogP contribution >= 0.6 is 11.3 Å². The first-order valence-corrected chi connectivity index (χ1v) is 9.75. The minimum Gasteiger partial charge on any atom is -0.386 e. The molecule has 1 fully saturated rings. The van der Waals surface area contributed by atoms with Crippen molar-refractivity contribution in [1.29, 1.82) is 0 Å². The summed E-state index contributed by atoms with van der Waals surface area (Å²) in [4.78, 5) is 5.27. The van der Waals surface area contributed by atoms with Crippen molar-refractivity contribution in [1.82, 2.24) is 10.6 Å². The van der Waals surface area contributed by atoms with E-state index in [0.29, 0.717) is 18.5 Å². The van der Waals surface area contributed by atoms with Crippen LogP contribution in [0.15, 0.2) is 65.7 Å². The smallest absolute Gasteiger partial charge is 0.191 e. The lowest BCUT2D eigenvalue weighted by Crippen LogP contribution is -2.40. The molecule has 4 rings (SSSR count). The fourth-order valence-electron chi connectivity index (χ4n) is 3.25. The van der Waals surface area contributed by atoms with E-state index in [2.05, 4.69) is 58.1 Å². The first-order valence-electron chi connectivity index (χ1n) is 8.93. The Kier molecular flexibility index (Phi) is 4.91. The Morgan fingerprint density at radius 2 is 1.96 bits per heavy atom. The van der Waals surface area contributed by atoms with Crippen LogP contribution in [-0.2, 0) is 0 Å². The van der Waals surface area contributed by atoms with Gasteiger partial charge in [0, 0.05) is 35.1 Å². The zero-order chi connectivity index (χ0) is 17.9. The summed E-state index contributed by atoms with van der Waals surface area (Å²) in [6.07, 6.45) is 0.568. The molecule has 1 saturated carbocycles. The highest BCUT2D eigenvalue weighted by Crippen LogP contribution is 2.40. The van der Waals surface area contributed by atoms with Gasteiger partial charge in [0.05, 0.1) is 0 Å². The quantitative estimate of drug-likeness (QED) is 0.478. The van der Waals surface area contributed by atoms with Gasteiger partial charge in [-0.15, -0.1) is 11.3 Å². The predicted octanol–water partition coefficient (Wildman–Crippen LogP) is 3.66. The number of hydrogen-bond donors (Lipinski definition) is 3. The average molecular weight is 366 g/mol. The van der Waals surface area contributed by atoms with Gasteiger partial charge in [0.2, 0.25) is 0 Å². The second-order valence-electron chi connectivity index (χ2n) is 6.66. The first kappa shape index (κ1) is 17.1. The summed E-state index contributed by atoms with van der Waals surface area (Å²) in [7, 11) is 1.76. The molecule has 134 valence electrons. The van der Waals surface area contributed by atoms with Crippen LogP contribution in [-0.4, -0.2) is 30.7 Å². The van der Waals surface area contributed by atoms with Gasteiger partial charge in [0.25, 0.3) is 0 Å². The standard InChI is InChI=1S/C21H23N3OS/c1-22-21(24-17-12-16(17)14-7-3-2-4-8-14)23-13-18(25)20-11-15-9-5-6-10-19(15)26-20/h2-11,16-18,25H,12-13H2,1H3,(H2,22,23,24). The Labute approximate surface area is 157 Å². The number of hydrogen-bond acceptors (Lipinski definition) is 3. The van der Waals surface area contributed by atoms with Crippen molar-refractivity contribution in [3.05, 3.63) is 71.1 Å². The van der Waals surface area contributed by atoms with E-state index in [1.165, 1.54) is 15.6 Å². The van der Waals surface area contributed by atoms with E-state index in [4.69, 9.17) is 0 Å². The van der Waals surface area contributed by atoms with Crippen molar-refractivity contribution in [2.24, 2.45) is 4.99 Å². The number of benzene rings is 2. The fraction of sp³-hybridized carbons (Fsp3) is 0.286. The van der Waals surface area contributed by atoms with Gasteiger partial charge >= 0.3 is 0 Å². The molecule has 2 aromatic carbocycles. The van der Waals surface area contributed by atoms with E-state index in [-0.39, 0.29) is 0 Å². The molecule has 3 N–H and O–H groups in total. The molecule has 3 unspecified atom stereocenters. The first-order chi connectivity index (χ1) is 12.7. The number of guanidine groups is 1. The van der Waals surface area contributed by atoms with Crippen molar-refractivity contribution >= 4 is 27.4 Å². The molecule has 0 spiro atoms. The number of rotatable bonds is 5. The Bertz CT molecular complexity index is 873. The summed E-state index contributed by atoms with van der Waals surface area (Å²) in [5, 5.41) is 18.4. The van der Waals surface area contributed by atoms with E-state index < -0.39 is 6.10 Å². The number of aliphatic imine (C=N–C) groups is 1. The third-order valence-corrected chi connectivity index (χ3v) is 6.02. The van der Waals surface area contributed by atoms with Crippen LogP contribution in [0, 0.1) is 0 Å². The van der Waals surface area contributed by atoms with Crippen LogP contribution in [0.25, 0.3) is 10.1 Å². The molecular formula is C21H23N3OS. The third kappa shape index (κ3) is 3.74. The molecule has 4 nitrogen and oxygen atoms in total. The molecule has 0 saturated heterocycles. The maximum atomic E-state index is 10.5. The van der Waals surface area contributed by atoms with E-state index >= 15 is 0 Å². The van der Waals surface area contributed by atoms with E-state index in [1.807, 2.05) is 18.2 Å². The lowest BCUT2D eigenvalue weighted by molar-refractivity contribution is 0.184. The molecule has 26 heavy (non-hydrogen) atoms. The highest BCUT2D eigenvalue weighted by molar-refractivity contribution is 7.19. The molecule has 1 aliphatic rings. The molecule has 0 aliphatic heterocycles. The summed E-state index contributed by atoms with van der Waals surface area (Å²) in [5.41, 5.74) is 1.37. The summed E-state index contributed by atoms with van der Waals surface area (Å²) in [6.45, 7) is 0.440. The van der Waals surface area contributed by atoms with Crippen molar-refractivity contribution in [2.45, 2.75) is 24.5 Å². The minimum atomic E-state index is -0.546. The van der Waals surface area contributed by atoms with Gasteiger partial charge in [-0.05, 0) is 29.5 Å². The Morgan fingerprint density at radius 3 is 2.73 bits per heavy atom. The number of nitrogens with one attached hydrogen (secondary N) is 2. The number of thiophene rings is 1. The highest BCUT2D eigenvalue weighted by Gasteiger charge is 2.38. The molecule has 1 heterocycles. The average Bonchev–Trinajstić information content (AvgIpc) is 3.31. The van der Waals surface area contributed by atoms with Crippen molar-refractivity contribution in [3.8, 4) is 0 Å². The Hall–Kier alpha value is -2.37. The topological polar surface area (TPSA) is 56.7 Å². The third-order valence-electron chi connectivity index (χ3n) is 4.80. The second-order valence-corrected chi connectivity index (χ2v) is 7.77. The van der Waals surface area contributed by atoms with Gasteiger partial charge < -0.3 is 15.7 Å². The summed E-state index contributed by atoms with van der Waals surface area (Å²) >= 11 is 1.64. The van der Waals surface area contributed by atoms with Gasteiger partial charge in [0.1, 0.15) is 6.10 Å². The van der Waals surface area contributed by atoms with E-state index in [0.717, 1.165) is 17.3 Å². The zero-order valence-electron chi connectivity index (χ0n) is 14.7. The number of fused-ring (bicyclic) bond motifs is 1. The molecule has 3 atom stereocenters. The SMILES string of the molecule is CN=C(NCC(O)c1cc2ccccc2s1)NC1CC1c1ccccc1. The second kappa shape index (κ2) is 7.48. The zero-order valence-corrected chi connectivity index (χ0v) is 15.5. The summed E-state index contributed by atoms with van der Waals surface area (Å²) in [6, 6.07) is 21.2.